The van der Waals surface area contributed by atoms with Gasteiger partial charge in [-0.1, -0.05) is 54.3 Å². The Kier molecular flexibility index (Phi) is 6.45. The Bertz CT molecular complexity index is 1080. The van der Waals surface area contributed by atoms with Gasteiger partial charge in [0.05, 0.1) is 12.0 Å². The summed E-state index contributed by atoms with van der Waals surface area (Å²) in [6.07, 6.45) is 2.65. The number of benzene rings is 3. The van der Waals surface area contributed by atoms with E-state index < -0.39 is 0 Å². The lowest BCUT2D eigenvalue weighted by Gasteiger charge is -2.47. The minimum Gasteiger partial charge on any atom is -0.384 e. The molecule has 4 rings (SSSR count). The number of amides is 1. The van der Waals surface area contributed by atoms with Crippen LogP contribution in [0, 0.1) is 23.6 Å². The fourth-order valence-corrected chi connectivity index (χ4v) is 4.18. The summed E-state index contributed by atoms with van der Waals surface area (Å²) in [5.41, 5.74) is 3.83. The van der Waals surface area contributed by atoms with Crippen molar-refractivity contribution in [3.63, 3.8) is 0 Å². The van der Waals surface area contributed by atoms with Crippen LogP contribution in [0.2, 0.25) is 0 Å². The van der Waals surface area contributed by atoms with Gasteiger partial charge in [-0.25, -0.2) is 4.39 Å². The lowest BCUT2D eigenvalue weighted by atomic mass is 9.78. The van der Waals surface area contributed by atoms with E-state index in [1.807, 2.05) is 42.5 Å². The van der Waals surface area contributed by atoms with Crippen molar-refractivity contribution < 1.29 is 14.3 Å². The number of carbonyl (C=O) groups excluding carboxylic acids is 1. The molecule has 0 saturated carbocycles. The van der Waals surface area contributed by atoms with Crippen LogP contribution in [0.4, 0.5) is 10.1 Å². The molecular formula is C27H24FNO2. The molecule has 156 valence electrons. The van der Waals surface area contributed by atoms with Gasteiger partial charge < -0.3 is 10.0 Å². The number of nitrogens with zero attached hydrogens (tertiary/aromatic N) is 1. The zero-order valence-electron chi connectivity index (χ0n) is 17.2. The summed E-state index contributed by atoms with van der Waals surface area (Å²) in [4.78, 5) is 14.8. The Hall–Kier alpha value is -3.42. The number of halogens is 1. The summed E-state index contributed by atoms with van der Waals surface area (Å²) in [5, 5.41) is 8.88. The van der Waals surface area contributed by atoms with Crippen molar-refractivity contribution >= 4 is 11.6 Å². The monoisotopic (exact) mass is 413 g/mol. The average Bonchev–Trinajstić information content (AvgIpc) is 2.81. The molecule has 1 heterocycles. The maximum absolute atomic E-state index is 13.4. The molecule has 4 heteroatoms. The fraction of sp³-hybridized carbons (Fsp3) is 0.222. The van der Waals surface area contributed by atoms with Gasteiger partial charge in [0.2, 0.25) is 5.91 Å². The summed E-state index contributed by atoms with van der Waals surface area (Å²) in [6.45, 7) is -0.180. The van der Waals surface area contributed by atoms with Gasteiger partial charge in [0.15, 0.2) is 0 Å². The zero-order chi connectivity index (χ0) is 21.6. The summed E-state index contributed by atoms with van der Waals surface area (Å²) >= 11 is 0. The minimum absolute atomic E-state index is 0.0776. The molecule has 0 unspecified atom stereocenters. The van der Waals surface area contributed by atoms with Gasteiger partial charge in [0.25, 0.3) is 0 Å². The number of carbonyl (C=O) groups is 1. The highest BCUT2D eigenvalue weighted by atomic mass is 19.1. The summed E-state index contributed by atoms with van der Waals surface area (Å²) < 4.78 is 13.4. The average molecular weight is 413 g/mol. The van der Waals surface area contributed by atoms with Gasteiger partial charge in [-0.15, -0.1) is 0 Å². The van der Waals surface area contributed by atoms with Crippen LogP contribution in [0.15, 0.2) is 78.9 Å². The normalized spacial score (nSPS) is 17.6. The molecule has 0 aliphatic carbocycles. The Morgan fingerprint density at radius 1 is 0.935 bits per heavy atom. The molecule has 2 atom stereocenters. The van der Waals surface area contributed by atoms with Crippen molar-refractivity contribution in [3.05, 3.63) is 101 Å². The van der Waals surface area contributed by atoms with Crippen LogP contribution in [-0.4, -0.2) is 17.6 Å². The Morgan fingerprint density at radius 2 is 1.65 bits per heavy atom. The minimum atomic E-state index is -0.320. The molecule has 31 heavy (non-hydrogen) atoms. The number of β-lactam (4-membered cyclic amide) rings is 1. The van der Waals surface area contributed by atoms with Gasteiger partial charge in [-0.2, -0.15) is 0 Å². The number of hydrogen-bond acceptors (Lipinski definition) is 2. The molecule has 3 aromatic carbocycles. The number of aliphatic hydroxyl groups excluding tert-OH is 1. The third kappa shape index (κ3) is 4.68. The van der Waals surface area contributed by atoms with Crippen LogP contribution in [0.1, 0.15) is 35.6 Å². The van der Waals surface area contributed by atoms with E-state index in [2.05, 4.69) is 24.0 Å². The maximum Gasteiger partial charge on any atom is 0.233 e. The first kappa shape index (κ1) is 20.8. The first-order chi connectivity index (χ1) is 15.2. The lowest BCUT2D eigenvalue weighted by Crippen LogP contribution is -2.55. The van der Waals surface area contributed by atoms with Crippen molar-refractivity contribution in [2.45, 2.75) is 25.3 Å². The van der Waals surface area contributed by atoms with Crippen LogP contribution in [0.3, 0.4) is 0 Å². The molecule has 1 aliphatic rings. The van der Waals surface area contributed by atoms with Gasteiger partial charge >= 0.3 is 0 Å². The highest BCUT2D eigenvalue weighted by molar-refractivity contribution is 6.03. The Morgan fingerprint density at radius 3 is 2.32 bits per heavy atom. The number of hydrogen-bond donors (Lipinski definition) is 1. The van der Waals surface area contributed by atoms with Crippen LogP contribution in [-0.2, 0) is 11.2 Å². The first-order valence-corrected chi connectivity index (χ1v) is 10.5. The molecule has 0 spiro atoms. The summed E-state index contributed by atoms with van der Waals surface area (Å²) in [5.74, 6) is 5.19. The Labute approximate surface area is 182 Å². The second kappa shape index (κ2) is 9.59. The topological polar surface area (TPSA) is 40.5 Å². The predicted molar refractivity (Wildman–Crippen MR) is 120 cm³/mol. The summed E-state index contributed by atoms with van der Waals surface area (Å²) in [7, 11) is 0. The van der Waals surface area contributed by atoms with Gasteiger partial charge in [-0.05, 0) is 66.8 Å². The molecule has 0 aromatic heterocycles. The number of aliphatic hydroxyl groups is 1. The van der Waals surface area contributed by atoms with Crippen LogP contribution in [0.25, 0.3) is 0 Å². The standard InChI is InChI=1S/C27H24FNO2/c28-23-15-17-24(18-16-23)29-26(22-13-11-21(12-14-22)9-5-19-30)25(27(29)31)10-4-8-20-6-2-1-3-7-20/h1-3,6-7,11-18,25-26,30H,4,8,10,19H2/t25-,26-/m1/s1. The molecule has 3 aromatic rings. The SMILES string of the molecule is O=C1[C@H](CCCc2ccccc2)[C@@H](c2ccc(C#CCO)cc2)N1c1ccc(F)cc1. The molecule has 1 fully saturated rings. The number of anilines is 1. The quantitative estimate of drug-likeness (QED) is 0.461. The van der Waals surface area contributed by atoms with Crippen molar-refractivity contribution in [3.8, 4) is 11.8 Å². The maximum atomic E-state index is 13.4. The molecule has 0 bridgehead atoms. The van der Waals surface area contributed by atoms with Crippen molar-refractivity contribution in [2.75, 3.05) is 11.5 Å². The number of rotatable bonds is 6. The smallest absolute Gasteiger partial charge is 0.233 e. The third-order valence-electron chi connectivity index (χ3n) is 5.71. The second-order valence-corrected chi connectivity index (χ2v) is 7.70. The molecule has 0 radical (unpaired) electrons. The first-order valence-electron chi connectivity index (χ1n) is 10.5. The third-order valence-corrected chi connectivity index (χ3v) is 5.71. The van der Waals surface area contributed by atoms with Gasteiger partial charge in [0.1, 0.15) is 12.4 Å². The van der Waals surface area contributed by atoms with E-state index in [1.165, 1.54) is 17.7 Å². The van der Waals surface area contributed by atoms with E-state index in [-0.39, 0.29) is 30.3 Å². The van der Waals surface area contributed by atoms with Crippen molar-refractivity contribution in [1.29, 1.82) is 0 Å². The highest BCUT2D eigenvalue weighted by Crippen LogP contribution is 2.45. The molecule has 1 saturated heterocycles. The van der Waals surface area contributed by atoms with E-state index in [0.717, 1.165) is 30.4 Å². The van der Waals surface area contributed by atoms with E-state index in [0.29, 0.717) is 5.69 Å². The lowest BCUT2D eigenvalue weighted by molar-refractivity contribution is -0.130. The van der Waals surface area contributed by atoms with Crippen LogP contribution < -0.4 is 4.90 Å². The van der Waals surface area contributed by atoms with E-state index in [4.69, 9.17) is 5.11 Å². The second-order valence-electron chi connectivity index (χ2n) is 7.70. The van der Waals surface area contributed by atoms with Crippen molar-refractivity contribution in [1.82, 2.24) is 0 Å². The van der Waals surface area contributed by atoms with E-state index in [1.54, 1.807) is 17.0 Å². The highest BCUT2D eigenvalue weighted by Gasteiger charge is 2.48. The van der Waals surface area contributed by atoms with Crippen LogP contribution >= 0.6 is 0 Å². The molecule has 1 aliphatic heterocycles. The van der Waals surface area contributed by atoms with Gasteiger partial charge in [0, 0.05) is 11.3 Å². The zero-order valence-corrected chi connectivity index (χ0v) is 17.2. The Balaban J connectivity index is 1.54. The molecule has 1 N–H and O–H groups in total. The number of aryl methyl sites for hydroxylation is 1. The fourth-order valence-electron chi connectivity index (χ4n) is 4.18. The van der Waals surface area contributed by atoms with Crippen molar-refractivity contribution in [2.24, 2.45) is 5.92 Å². The van der Waals surface area contributed by atoms with Gasteiger partial charge in [-0.3, -0.25) is 4.79 Å². The largest absolute Gasteiger partial charge is 0.384 e. The molecule has 3 nitrogen and oxygen atoms in total. The van der Waals surface area contributed by atoms with E-state index >= 15 is 0 Å². The summed E-state index contributed by atoms with van der Waals surface area (Å²) in [6, 6.07) is 24.1. The predicted octanol–water partition coefficient (Wildman–Crippen LogP) is 4.90. The van der Waals surface area contributed by atoms with Crippen LogP contribution in [0.5, 0.6) is 0 Å². The molecule has 1 amide bonds. The van der Waals surface area contributed by atoms with E-state index in [9.17, 15) is 9.18 Å². The molecular weight excluding hydrogens is 389 g/mol.